The molecule has 0 aliphatic heterocycles. The summed E-state index contributed by atoms with van der Waals surface area (Å²) in [7, 11) is 0. The van der Waals surface area contributed by atoms with Crippen LogP contribution in [0, 0.1) is 5.82 Å². The number of nitrogens with one attached hydrogen (secondary N) is 1. The molecule has 0 heterocycles. The topological polar surface area (TPSA) is 15.3 Å². The minimum absolute atomic E-state index is 0.193. The molecule has 1 atom stereocenters. The standard InChI is InChI=1S/C18H23FN2/c1-3-20-18(15-8-6-5-7-9-15)14-21(4-2)17-12-10-16(19)11-13-17/h5-13,18,20H,3-4,14H2,1-2H3. The van der Waals surface area contributed by atoms with Crippen LogP contribution in [0.5, 0.6) is 0 Å². The van der Waals surface area contributed by atoms with Gasteiger partial charge in [-0.1, -0.05) is 37.3 Å². The second-order valence-corrected chi connectivity index (χ2v) is 5.04. The zero-order valence-corrected chi connectivity index (χ0v) is 12.7. The third-order valence-electron chi connectivity index (χ3n) is 3.63. The van der Waals surface area contributed by atoms with Gasteiger partial charge in [-0.3, -0.25) is 0 Å². The number of benzene rings is 2. The number of anilines is 1. The number of hydrogen-bond acceptors (Lipinski definition) is 2. The van der Waals surface area contributed by atoms with Crippen molar-refractivity contribution in [1.82, 2.24) is 5.32 Å². The van der Waals surface area contributed by atoms with Crippen molar-refractivity contribution in [3.8, 4) is 0 Å². The highest BCUT2D eigenvalue weighted by atomic mass is 19.1. The van der Waals surface area contributed by atoms with Crippen molar-refractivity contribution in [1.29, 1.82) is 0 Å². The highest BCUT2D eigenvalue weighted by Gasteiger charge is 2.14. The van der Waals surface area contributed by atoms with Gasteiger partial charge in [-0.25, -0.2) is 4.39 Å². The molecule has 3 heteroatoms. The Morgan fingerprint density at radius 1 is 1.00 bits per heavy atom. The lowest BCUT2D eigenvalue weighted by Gasteiger charge is -2.29. The zero-order valence-electron chi connectivity index (χ0n) is 12.7. The Hall–Kier alpha value is -1.87. The normalized spacial score (nSPS) is 12.1. The van der Waals surface area contributed by atoms with Crippen molar-refractivity contribution in [2.45, 2.75) is 19.9 Å². The van der Waals surface area contributed by atoms with Gasteiger partial charge in [-0.05, 0) is 43.3 Å². The SMILES string of the molecule is CCNC(CN(CC)c1ccc(F)cc1)c1ccccc1. The van der Waals surface area contributed by atoms with E-state index in [1.54, 1.807) is 0 Å². The van der Waals surface area contributed by atoms with Crippen LogP contribution in [0.2, 0.25) is 0 Å². The van der Waals surface area contributed by atoms with Crippen LogP contribution in [0.1, 0.15) is 25.5 Å². The van der Waals surface area contributed by atoms with Crippen molar-refractivity contribution in [2.24, 2.45) is 0 Å². The molecule has 0 fully saturated rings. The number of nitrogens with zero attached hydrogens (tertiary/aromatic N) is 1. The van der Waals surface area contributed by atoms with Crippen LogP contribution < -0.4 is 10.2 Å². The van der Waals surface area contributed by atoms with E-state index >= 15 is 0 Å². The third-order valence-corrected chi connectivity index (χ3v) is 3.63. The maximum Gasteiger partial charge on any atom is 0.123 e. The summed E-state index contributed by atoms with van der Waals surface area (Å²) >= 11 is 0. The van der Waals surface area contributed by atoms with Crippen LogP contribution in [-0.4, -0.2) is 19.6 Å². The molecule has 2 aromatic rings. The molecule has 0 saturated carbocycles. The fourth-order valence-corrected chi connectivity index (χ4v) is 2.51. The summed E-state index contributed by atoms with van der Waals surface area (Å²) in [5, 5.41) is 3.53. The lowest BCUT2D eigenvalue weighted by molar-refractivity contribution is 0.541. The van der Waals surface area contributed by atoms with E-state index in [9.17, 15) is 4.39 Å². The fraction of sp³-hybridized carbons (Fsp3) is 0.333. The Kier molecular flexibility index (Phi) is 5.76. The van der Waals surface area contributed by atoms with Crippen molar-refractivity contribution >= 4 is 5.69 Å². The van der Waals surface area contributed by atoms with Crippen molar-refractivity contribution in [2.75, 3.05) is 24.5 Å². The smallest absolute Gasteiger partial charge is 0.123 e. The van der Waals surface area contributed by atoms with Gasteiger partial charge < -0.3 is 10.2 Å². The predicted octanol–water partition coefficient (Wildman–Crippen LogP) is 4.00. The average molecular weight is 286 g/mol. The van der Waals surface area contributed by atoms with Crippen molar-refractivity contribution < 1.29 is 4.39 Å². The first-order valence-corrected chi connectivity index (χ1v) is 7.53. The van der Waals surface area contributed by atoms with E-state index in [1.165, 1.54) is 17.7 Å². The van der Waals surface area contributed by atoms with Crippen molar-refractivity contribution in [3.05, 3.63) is 66.0 Å². The average Bonchev–Trinajstić information content (AvgIpc) is 2.53. The van der Waals surface area contributed by atoms with Gasteiger partial charge in [-0.2, -0.15) is 0 Å². The van der Waals surface area contributed by atoms with E-state index in [1.807, 2.05) is 18.2 Å². The van der Waals surface area contributed by atoms with Crippen LogP contribution in [0.15, 0.2) is 54.6 Å². The monoisotopic (exact) mass is 286 g/mol. The molecular weight excluding hydrogens is 263 g/mol. The first-order chi connectivity index (χ1) is 10.2. The van der Waals surface area contributed by atoms with Crippen LogP contribution in [0.25, 0.3) is 0 Å². The van der Waals surface area contributed by atoms with Gasteiger partial charge in [0.15, 0.2) is 0 Å². The molecule has 2 nitrogen and oxygen atoms in total. The van der Waals surface area contributed by atoms with E-state index < -0.39 is 0 Å². The molecule has 0 saturated heterocycles. The second-order valence-electron chi connectivity index (χ2n) is 5.04. The summed E-state index contributed by atoms with van der Waals surface area (Å²) in [6, 6.07) is 17.4. The molecule has 0 bridgehead atoms. The summed E-state index contributed by atoms with van der Waals surface area (Å²) < 4.78 is 13.1. The zero-order chi connectivity index (χ0) is 15.1. The van der Waals surface area contributed by atoms with Gasteiger partial charge in [0.1, 0.15) is 5.82 Å². The molecule has 2 rings (SSSR count). The summed E-state index contributed by atoms with van der Waals surface area (Å²) in [4.78, 5) is 2.26. The highest BCUT2D eigenvalue weighted by Crippen LogP contribution is 2.20. The van der Waals surface area contributed by atoms with Crippen LogP contribution >= 0.6 is 0 Å². The van der Waals surface area contributed by atoms with Gasteiger partial charge in [0, 0.05) is 24.8 Å². The van der Waals surface area contributed by atoms with E-state index in [-0.39, 0.29) is 11.9 Å². The van der Waals surface area contributed by atoms with Crippen LogP contribution in [-0.2, 0) is 0 Å². The molecular formula is C18H23FN2. The Morgan fingerprint density at radius 2 is 1.67 bits per heavy atom. The van der Waals surface area contributed by atoms with E-state index in [2.05, 4.69) is 48.3 Å². The molecule has 0 aliphatic rings. The van der Waals surface area contributed by atoms with Crippen LogP contribution in [0.3, 0.4) is 0 Å². The molecule has 1 unspecified atom stereocenters. The minimum atomic E-state index is -0.193. The van der Waals surface area contributed by atoms with Gasteiger partial charge in [0.25, 0.3) is 0 Å². The summed E-state index contributed by atoms with van der Waals surface area (Å²) in [5.41, 5.74) is 2.33. The number of hydrogen-bond donors (Lipinski definition) is 1. The van der Waals surface area contributed by atoms with Crippen LogP contribution in [0.4, 0.5) is 10.1 Å². The number of halogens is 1. The maximum atomic E-state index is 13.1. The second kappa shape index (κ2) is 7.79. The third kappa shape index (κ3) is 4.30. The van der Waals surface area contributed by atoms with Gasteiger partial charge in [0.2, 0.25) is 0 Å². The van der Waals surface area contributed by atoms with Gasteiger partial charge in [0.05, 0.1) is 0 Å². The maximum absolute atomic E-state index is 13.1. The molecule has 112 valence electrons. The Balaban J connectivity index is 2.15. The predicted molar refractivity (Wildman–Crippen MR) is 87.1 cm³/mol. The molecule has 0 aromatic heterocycles. The first kappa shape index (κ1) is 15.5. The fourth-order valence-electron chi connectivity index (χ4n) is 2.51. The largest absolute Gasteiger partial charge is 0.370 e. The van der Waals surface area contributed by atoms with E-state index in [4.69, 9.17) is 0 Å². The molecule has 0 amide bonds. The lowest BCUT2D eigenvalue weighted by atomic mass is 10.1. The Bertz CT molecular complexity index is 525. The molecule has 0 radical (unpaired) electrons. The first-order valence-electron chi connectivity index (χ1n) is 7.53. The van der Waals surface area contributed by atoms with E-state index in [0.29, 0.717) is 0 Å². The Morgan fingerprint density at radius 3 is 2.24 bits per heavy atom. The number of rotatable bonds is 7. The minimum Gasteiger partial charge on any atom is -0.370 e. The quantitative estimate of drug-likeness (QED) is 0.827. The summed E-state index contributed by atoms with van der Waals surface area (Å²) in [6.07, 6.45) is 0. The molecule has 1 N–H and O–H groups in total. The van der Waals surface area contributed by atoms with E-state index in [0.717, 1.165) is 25.3 Å². The molecule has 21 heavy (non-hydrogen) atoms. The molecule has 0 spiro atoms. The van der Waals surface area contributed by atoms with Gasteiger partial charge >= 0.3 is 0 Å². The summed E-state index contributed by atoms with van der Waals surface area (Å²) in [5.74, 6) is -0.193. The highest BCUT2D eigenvalue weighted by molar-refractivity contribution is 5.46. The summed E-state index contributed by atoms with van der Waals surface area (Å²) in [6.45, 7) is 6.91. The Labute approximate surface area is 126 Å². The number of likely N-dealkylation sites (N-methyl/N-ethyl adjacent to an activating group) is 2. The molecule has 0 aliphatic carbocycles. The molecule has 2 aromatic carbocycles. The van der Waals surface area contributed by atoms with Gasteiger partial charge in [-0.15, -0.1) is 0 Å². The van der Waals surface area contributed by atoms with Crippen molar-refractivity contribution in [3.63, 3.8) is 0 Å². The lowest BCUT2D eigenvalue weighted by Crippen LogP contribution is -2.35.